The van der Waals surface area contributed by atoms with E-state index in [0.29, 0.717) is 13.2 Å². The Hall–Kier alpha value is -3.62. The van der Waals surface area contributed by atoms with E-state index >= 15 is 0 Å². The van der Waals surface area contributed by atoms with Crippen LogP contribution in [0.4, 0.5) is 0 Å². The van der Waals surface area contributed by atoms with Crippen molar-refractivity contribution in [3.05, 3.63) is 96.6 Å². The number of rotatable bonds is 18. The first kappa shape index (κ1) is 29.4. The van der Waals surface area contributed by atoms with Crippen molar-refractivity contribution in [1.29, 1.82) is 0 Å². The van der Waals surface area contributed by atoms with E-state index < -0.39 is 0 Å². The summed E-state index contributed by atoms with van der Waals surface area (Å²) in [7, 11) is 0. The minimum atomic E-state index is 0.233. The Balaban J connectivity index is 1.29. The molecule has 8 nitrogen and oxygen atoms in total. The molecule has 4 aromatic rings. The molecule has 8 heteroatoms. The molecule has 2 aromatic heterocycles. The van der Waals surface area contributed by atoms with E-state index in [1.165, 1.54) is 16.7 Å². The van der Waals surface area contributed by atoms with Crippen molar-refractivity contribution in [2.24, 2.45) is 0 Å². The van der Waals surface area contributed by atoms with Crippen LogP contribution in [0, 0.1) is 13.8 Å². The normalized spacial score (nSPS) is 12.8. The molecule has 4 rings (SSSR count). The van der Waals surface area contributed by atoms with Gasteiger partial charge in [-0.3, -0.25) is 0 Å². The predicted molar refractivity (Wildman–Crippen MR) is 160 cm³/mol. The first-order chi connectivity index (χ1) is 19.6. The van der Waals surface area contributed by atoms with E-state index in [-0.39, 0.29) is 12.1 Å². The SMILES string of the molecule is CCc1ccc(OCCNC(CCn2ccnc2)C(CCNCCOc2ccc(C)c(C)c2)n2ccnc2)cc1. The van der Waals surface area contributed by atoms with Crippen LogP contribution in [0.15, 0.2) is 79.9 Å². The molecule has 2 atom stereocenters. The number of nitrogens with one attached hydrogen (secondary N) is 2. The molecule has 214 valence electrons. The van der Waals surface area contributed by atoms with Crippen molar-refractivity contribution < 1.29 is 9.47 Å². The van der Waals surface area contributed by atoms with Crippen LogP contribution in [-0.2, 0) is 13.0 Å². The second kappa shape index (κ2) is 15.8. The Morgan fingerprint density at radius 2 is 1.55 bits per heavy atom. The molecule has 0 spiro atoms. The van der Waals surface area contributed by atoms with Crippen LogP contribution >= 0.6 is 0 Å². The number of hydrogen-bond donors (Lipinski definition) is 2. The molecular weight excluding hydrogens is 500 g/mol. The molecule has 0 fully saturated rings. The third-order valence-electron chi connectivity index (χ3n) is 7.38. The van der Waals surface area contributed by atoms with Crippen molar-refractivity contribution in [1.82, 2.24) is 29.7 Å². The monoisotopic (exact) mass is 544 g/mol. The molecule has 2 N–H and O–H groups in total. The fourth-order valence-electron chi connectivity index (χ4n) is 4.82. The van der Waals surface area contributed by atoms with Gasteiger partial charge in [-0.05, 0) is 80.6 Å². The molecule has 0 amide bonds. The zero-order chi connectivity index (χ0) is 28.0. The third kappa shape index (κ3) is 9.24. The first-order valence-electron chi connectivity index (χ1n) is 14.4. The van der Waals surface area contributed by atoms with Gasteiger partial charge in [-0.15, -0.1) is 0 Å². The number of aryl methyl sites for hydroxylation is 4. The summed E-state index contributed by atoms with van der Waals surface area (Å²) in [6, 6.07) is 15.1. The topological polar surface area (TPSA) is 78.2 Å². The van der Waals surface area contributed by atoms with Gasteiger partial charge in [-0.2, -0.15) is 0 Å². The smallest absolute Gasteiger partial charge is 0.119 e. The minimum Gasteiger partial charge on any atom is -0.492 e. The summed E-state index contributed by atoms with van der Waals surface area (Å²) in [6.07, 6.45) is 14.5. The largest absolute Gasteiger partial charge is 0.492 e. The Bertz CT molecular complexity index is 1230. The van der Waals surface area contributed by atoms with E-state index in [2.05, 4.69) is 93.1 Å². The fourth-order valence-corrected chi connectivity index (χ4v) is 4.82. The van der Waals surface area contributed by atoms with Crippen molar-refractivity contribution in [3.63, 3.8) is 0 Å². The highest BCUT2D eigenvalue weighted by Crippen LogP contribution is 2.20. The van der Waals surface area contributed by atoms with Crippen LogP contribution in [0.25, 0.3) is 0 Å². The Kier molecular flexibility index (Phi) is 11.6. The molecule has 0 aliphatic rings. The molecule has 0 radical (unpaired) electrons. The second-order valence-corrected chi connectivity index (χ2v) is 10.2. The summed E-state index contributed by atoms with van der Waals surface area (Å²) in [5.74, 6) is 1.83. The Morgan fingerprint density at radius 3 is 2.27 bits per heavy atom. The average molecular weight is 545 g/mol. The molecule has 2 heterocycles. The highest BCUT2D eigenvalue weighted by atomic mass is 16.5. The second-order valence-electron chi connectivity index (χ2n) is 10.2. The van der Waals surface area contributed by atoms with Crippen LogP contribution < -0.4 is 20.1 Å². The lowest BCUT2D eigenvalue weighted by Gasteiger charge is -2.30. The number of aromatic nitrogens is 4. The zero-order valence-electron chi connectivity index (χ0n) is 24.1. The highest BCUT2D eigenvalue weighted by Gasteiger charge is 2.22. The van der Waals surface area contributed by atoms with Gasteiger partial charge in [-0.25, -0.2) is 9.97 Å². The average Bonchev–Trinajstić information content (AvgIpc) is 3.70. The van der Waals surface area contributed by atoms with E-state index in [4.69, 9.17) is 9.47 Å². The molecule has 0 aliphatic heterocycles. The van der Waals surface area contributed by atoms with Crippen molar-refractivity contribution in [3.8, 4) is 11.5 Å². The number of hydrogen-bond acceptors (Lipinski definition) is 6. The predicted octanol–water partition coefficient (Wildman–Crippen LogP) is 4.99. The standard InChI is InChI=1S/C32H44N6O2/c1-4-28-6-9-29(10-7-28)39-22-17-36-31(12-18-37-19-14-34-24-37)32(38-20-15-35-25-38)11-13-33-16-21-40-30-8-5-26(2)27(3)23-30/h5-10,14-15,19-20,23-25,31-33,36H,4,11-13,16-18,21-22H2,1-3H3. The maximum atomic E-state index is 6.03. The van der Waals surface area contributed by atoms with Crippen LogP contribution in [0.1, 0.15) is 42.5 Å². The van der Waals surface area contributed by atoms with Gasteiger partial charge in [0.2, 0.25) is 0 Å². The van der Waals surface area contributed by atoms with Crippen LogP contribution in [0.5, 0.6) is 11.5 Å². The third-order valence-corrected chi connectivity index (χ3v) is 7.38. The molecule has 2 aromatic carbocycles. The summed E-state index contributed by atoms with van der Waals surface area (Å²) >= 11 is 0. The maximum absolute atomic E-state index is 6.03. The summed E-state index contributed by atoms with van der Waals surface area (Å²) in [5.41, 5.74) is 3.85. The van der Waals surface area contributed by atoms with E-state index in [9.17, 15) is 0 Å². The summed E-state index contributed by atoms with van der Waals surface area (Å²) in [4.78, 5) is 8.56. The summed E-state index contributed by atoms with van der Waals surface area (Å²) in [5, 5.41) is 7.36. The Morgan fingerprint density at radius 1 is 0.800 bits per heavy atom. The lowest BCUT2D eigenvalue weighted by molar-refractivity contribution is 0.260. The number of ether oxygens (including phenoxy) is 2. The van der Waals surface area contributed by atoms with Crippen LogP contribution in [0.2, 0.25) is 0 Å². The van der Waals surface area contributed by atoms with E-state index in [1.807, 2.05) is 37.3 Å². The van der Waals surface area contributed by atoms with Crippen molar-refractivity contribution in [2.75, 3.05) is 32.8 Å². The summed E-state index contributed by atoms with van der Waals surface area (Å²) < 4.78 is 16.3. The van der Waals surface area contributed by atoms with Gasteiger partial charge in [0.25, 0.3) is 0 Å². The highest BCUT2D eigenvalue weighted by molar-refractivity contribution is 5.33. The number of imidazole rings is 2. The van der Waals surface area contributed by atoms with Gasteiger partial charge in [0, 0.05) is 50.5 Å². The molecule has 0 aliphatic carbocycles. The van der Waals surface area contributed by atoms with Gasteiger partial charge in [0.15, 0.2) is 0 Å². The fraction of sp³-hybridized carbons (Fsp3) is 0.438. The molecule has 0 bridgehead atoms. The van der Waals surface area contributed by atoms with Crippen molar-refractivity contribution >= 4 is 0 Å². The summed E-state index contributed by atoms with van der Waals surface area (Å²) in [6.45, 7) is 11.0. The lowest BCUT2D eigenvalue weighted by Crippen LogP contribution is -2.41. The van der Waals surface area contributed by atoms with Gasteiger partial charge in [0.05, 0.1) is 18.7 Å². The van der Waals surface area contributed by atoms with Gasteiger partial charge in [-0.1, -0.05) is 25.1 Å². The van der Waals surface area contributed by atoms with Gasteiger partial charge < -0.3 is 29.2 Å². The van der Waals surface area contributed by atoms with Gasteiger partial charge >= 0.3 is 0 Å². The van der Waals surface area contributed by atoms with Crippen molar-refractivity contribution in [2.45, 2.75) is 58.7 Å². The van der Waals surface area contributed by atoms with E-state index in [1.54, 1.807) is 0 Å². The zero-order valence-corrected chi connectivity index (χ0v) is 24.1. The molecule has 2 unspecified atom stereocenters. The van der Waals surface area contributed by atoms with Crippen LogP contribution in [-0.4, -0.2) is 58.0 Å². The van der Waals surface area contributed by atoms with E-state index in [0.717, 1.165) is 56.9 Å². The molecule has 0 saturated heterocycles. The van der Waals surface area contributed by atoms with Gasteiger partial charge in [0.1, 0.15) is 24.7 Å². The quantitative estimate of drug-likeness (QED) is 0.172. The van der Waals surface area contributed by atoms with Crippen LogP contribution in [0.3, 0.4) is 0 Å². The Labute approximate surface area is 238 Å². The first-order valence-corrected chi connectivity index (χ1v) is 14.4. The lowest BCUT2D eigenvalue weighted by atomic mass is 10.0. The molecule has 0 saturated carbocycles. The number of nitrogens with zero attached hydrogens (tertiary/aromatic N) is 4. The maximum Gasteiger partial charge on any atom is 0.119 e. The number of benzene rings is 2. The molecular formula is C32H44N6O2. The minimum absolute atomic E-state index is 0.233. The molecule has 40 heavy (non-hydrogen) atoms.